The van der Waals surface area contributed by atoms with Gasteiger partial charge in [0.05, 0.1) is 11.6 Å². The van der Waals surface area contributed by atoms with Gasteiger partial charge >= 0.3 is 12.1 Å². The van der Waals surface area contributed by atoms with Crippen LogP contribution in [0.25, 0.3) is 16.9 Å². The van der Waals surface area contributed by atoms with E-state index in [-0.39, 0.29) is 22.6 Å². The van der Waals surface area contributed by atoms with Crippen molar-refractivity contribution < 1.29 is 23.8 Å². The first-order valence-corrected chi connectivity index (χ1v) is 9.91. The lowest BCUT2D eigenvalue weighted by atomic mass is 10.0. The largest absolute Gasteiger partial charge is 0.476 e. The van der Waals surface area contributed by atoms with E-state index >= 15 is 4.39 Å². The molecule has 1 amide bonds. The van der Waals surface area contributed by atoms with Crippen molar-refractivity contribution in [2.24, 2.45) is 0 Å². The van der Waals surface area contributed by atoms with Crippen molar-refractivity contribution in [1.29, 1.82) is 0 Å². The zero-order chi connectivity index (χ0) is 22.9. The lowest BCUT2D eigenvalue weighted by Gasteiger charge is -2.22. The van der Waals surface area contributed by atoms with Crippen molar-refractivity contribution in [3.8, 4) is 11.4 Å². The number of nitrogens with zero attached hydrogens (tertiary/aromatic N) is 3. The Bertz CT molecular complexity index is 1150. The zero-order valence-electron chi connectivity index (χ0n) is 18.1. The molecule has 164 valence electrons. The third kappa shape index (κ3) is 4.65. The summed E-state index contributed by atoms with van der Waals surface area (Å²) in [5.74, 6) is -1.94. The van der Waals surface area contributed by atoms with Crippen molar-refractivity contribution in [3.63, 3.8) is 0 Å². The first-order valence-electron chi connectivity index (χ1n) is 9.91. The van der Waals surface area contributed by atoms with Crippen LogP contribution in [0, 0.1) is 5.82 Å². The van der Waals surface area contributed by atoms with Gasteiger partial charge in [0.15, 0.2) is 11.5 Å². The molecule has 0 aliphatic rings. The first-order chi connectivity index (χ1) is 14.5. The number of amides is 1. The molecule has 1 aromatic carbocycles. The Labute approximate surface area is 179 Å². The Morgan fingerprint density at radius 1 is 1.29 bits per heavy atom. The molecule has 2 aromatic heterocycles. The summed E-state index contributed by atoms with van der Waals surface area (Å²) in [6.45, 7) is 8.72. The van der Waals surface area contributed by atoms with Gasteiger partial charge in [-0.25, -0.2) is 23.5 Å². The molecule has 8 nitrogen and oxygen atoms in total. The minimum absolute atomic E-state index is 0.0338. The zero-order valence-corrected chi connectivity index (χ0v) is 18.1. The molecule has 2 heterocycles. The van der Waals surface area contributed by atoms with Crippen LogP contribution in [0.4, 0.5) is 9.18 Å². The number of aryl methyl sites for hydroxylation is 1. The number of halogens is 1. The molecule has 0 saturated heterocycles. The Morgan fingerprint density at radius 2 is 2.00 bits per heavy atom. The average molecular weight is 428 g/mol. The van der Waals surface area contributed by atoms with E-state index in [1.165, 1.54) is 16.6 Å². The molecule has 1 unspecified atom stereocenters. The highest BCUT2D eigenvalue weighted by Gasteiger charge is 2.23. The number of carboxylic acid groups (broad SMARTS) is 1. The first kappa shape index (κ1) is 22.2. The third-order valence-corrected chi connectivity index (χ3v) is 4.65. The van der Waals surface area contributed by atoms with Crippen LogP contribution in [-0.2, 0) is 11.2 Å². The molecule has 9 heteroatoms. The summed E-state index contributed by atoms with van der Waals surface area (Å²) in [7, 11) is 0. The monoisotopic (exact) mass is 428 g/mol. The van der Waals surface area contributed by atoms with Gasteiger partial charge in [-0.15, -0.1) is 5.10 Å². The predicted octanol–water partition coefficient (Wildman–Crippen LogP) is 4.38. The van der Waals surface area contributed by atoms with Crippen molar-refractivity contribution in [1.82, 2.24) is 19.9 Å². The molecule has 0 saturated carbocycles. The Kier molecular flexibility index (Phi) is 5.97. The van der Waals surface area contributed by atoms with E-state index in [0.717, 1.165) is 5.56 Å². The Morgan fingerprint density at radius 3 is 2.61 bits per heavy atom. The molecule has 1 atom stereocenters. The van der Waals surface area contributed by atoms with Crippen LogP contribution < -0.4 is 5.32 Å². The fraction of sp³-hybridized carbons (Fsp3) is 0.364. The molecule has 0 spiro atoms. The number of carbonyl (C=O) groups excluding carboxylic acids is 1. The second-order valence-electron chi connectivity index (χ2n) is 8.15. The van der Waals surface area contributed by atoms with Gasteiger partial charge in [0.25, 0.3) is 0 Å². The quantitative estimate of drug-likeness (QED) is 0.625. The highest BCUT2D eigenvalue weighted by molar-refractivity contribution is 5.94. The summed E-state index contributed by atoms with van der Waals surface area (Å²) in [5.41, 5.74) is 0.520. The Balaban J connectivity index is 2.02. The van der Waals surface area contributed by atoms with Crippen LogP contribution in [0.1, 0.15) is 62.3 Å². The van der Waals surface area contributed by atoms with Gasteiger partial charge in [-0.1, -0.05) is 19.1 Å². The van der Waals surface area contributed by atoms with Crippen LogP contribution in [-0.4, -0.2) is 37.4 Å². The maximum absolute atomic E-state index is 15.4. The summed E-state index contributed by atoms with van der Waals surface area (Å²) in [5, 5.41) is 16.6. The minimum atomic E-state index is -1.22. The molecule has 3 aromatic rings. The van der Waals surface area contributed by atoms with Crippen molar-refractivity contribution in [3.05, 3.63) is 53.1 Å². The third-order valence-electron chi connectivity index (χ3n) is 4.65. The molecule has 0 aliphatic carbocycles. The van der Waals surface area contributed by atoms with E-state index in [4.69, 9.17) is 4.74 Å². The molecule has 3 rings (SSSR count). The maximum atomic E-state index is 15.4. The standard InChI is InChI=1S/C22H25FN4O4/c1-6-13-10-11-27-18(13)17(20(28)29)25-19(26-27)15-9-7-8-14(16(15)23)12(2)24-21(30)31-22(3,4)5/h7-12H,6H2,1-5H3,(H,24,30)(H,28,29). The van der Waals surface area contributed by atoms with E-state index in [1.807, 2.05) is 6.92 Å². The number of aromatic carboxylic acids is 1. The number of hydrogen-bond acceptors (Lipinski definition) is 5. The highest BCUT2D eigenvalue weighted by atomic mass is 19.1. The number of carboxylic acids is 1. The normalized spacial score (nSPS) is 12.6. The van der Waals surface area contributed by atoms with Crippen molar-refractivity contribution in [2.75, 3.05) is 0 Å². The average Bonchev–Trinajstić information content (AvgIpc) is 3.08. The lowest BCUT2D eigenvalue weighted by Crippen LogP contribution is -2.34. The number of benzene rings is 1. The number of ether oxygens (including phenoxy) is 1. The summed E-state index contributed by atoms with van der Waals surface area (Å²) >= 11 is 0. The van der Waals surface area contributed by atoms with Gasteiger partial charge in [0, 0.05) is 11.8 Å². The van der Waals surface area contributed by atoms with E-state index in [0.29, 0.717) is 11.9 Å². The number of fused-ring (bicyclic) bond motifs is 1. The number of nitrogens with one attached hydrogen (secondary N) is 1. The number of aromatic nitrogens is 3. The fourth-order valence-electron chi connectivity index (χ4n) is 3.26. The van der Waals surface area contributed by atoms with Gasteiger partial charge in [-0.3, -0.25) is 0 Å². The molecule has 2 N–H and O–H groups in total. The molecule has 0 bridgehead atoms. The molecular formula is C22H25FN4O4. The predicted molar refractivity (Wildman–Crippen MR) is 113 cm³/mol. The van der Waals surface area contributed by atoms with Gasteiger partial charge in [-0.05, 0) is 51.8 Å². The van der Waals surface area contributed by atoms with Crippen LogP contribution >= 0.6 is 0 Å². The number of hydrogen-bond donors (Lipinski definition) is 2. The summed E-state index contributed by atoms with van der Waals surface area (Å²) in [4.78, 5) is 28.0. The maximum Gasteiger partial charge on any atom is 0.408 e. The summed E-state index contributed by atoms with van der Waals surface area (Å²) < 4.78 is 22.0. The summed E-state index contributed by atoms with van der Waals surface area (Å²) in [6, 6.07) is 5.66. The second-order valence-corrected chi connectivity index (χ2v) is 8.15. The van der Waals surface area contributed by atoms with E-state index in [9.17, 15) is 14.7 Å². The topological polar surface area (TPSA) is 106 Å². The minimum Gasteiger partial charge on any atom is -0.476 e. The van der Waals surface area contributed by atoms with Gasteiger partial charge in [0.2, 0.25) is 0 Å². The molecule has 0 radical (unpaired) electrons. The van der Waals surface area contributed by atoms with Gasteiger partial charge in [-0.2, -0.15) is 0 Å². The lowest BCUT2D eigenvalue weighted by molar-refractivity contribution is 0.0506. The van der Waals surface area contributed by atoms with Crippen LogP contribution in [0.5, 0.6) is 0 Å². The van der Waals surface area contributed by atoms with E-state index < -0.39 is 29.5 Å². The van der Waals surface area contributed by atoms with Gasteiger partial charge in [0.1, 0.15) is 16.9 Å². The van der Waals surface area contributed by atoms with Crippen molar-refractivity contribution >= 4 is 17.6 Å². The fourth-order valence-corrected chi connectivity index (χ4v) is 3.26. The number of rotatable bonds is 5. The molecular weight excluding hydrogens is 403 g/mol. The molecule has 0 fully saturated rings. The van der Waals surface area contributed by atoms with Crippen LogP contribution in [0.2, 0.25) is 0 Å². The van der Waals surface area contributed by atoms with Crippen LogP contribution in [0.3, 0.4) is 0 Å². The molecule has 31 heavy (non-hydrogen) atoms. The molecule has 0 aliphatic heterocycles. The van der Waals surface area contributed by atoms with Gasteiger partial charge < -0.3 is 15.2 Å². The van der Waals surface area contributed by atoms with E-state index in [2.05, 4.69) is 15.4 Å². The number of alkyl carbamates (subject to hydrolysis) is 1. The van der Waals surface area contributed by atoms with E-state index in [1.54, 1.807) is 46.0 Å². The number of carbonyl (C=O) groups is 2. The highest BCUT2D eigenvalue weighted by Crippen LogP contribution is 2.28. The Hall–Kier alpha value is -3.49. The summed E-state index contributed by atoms with van der Waals surface area (Å²) in [6.07, 6.45) is 1.56. The van der Waals surface area contributed by atoms with Crippen LogP contribution in [0.15, 0.2) is 30.5 Å². The second kappa shape index (κ2) is 8.33. The van der Waals surface area contributed by atoms with Crippen molar-refractivity contribution in [2.45, 2.75) is 52.7 Å². The SMILES string of the molecule is CCc1ccn2nc(-c3cccc(C(C)NC(=O)OC(C)(C)C)c3F)nc(C(=O)O)c12. The smallest absolute Gasteiger partial charge is 0.408 e.